The maximum atomic E-state index is 11.9. The van der Waals surface area contributed by atoms with Crippen LogP contribution in [0.5, 0.6) is 0 Å². The molecule has 0 saturated carbocycles. The lowest BCUT2D eigenvalue weighted by Gasteiger charge is -2.49. The van der Waals surface area contributed by atoms with E-state index in [4.69, 9.17) is 11.6 Å². The van der Waals surface area contributed by atoms with E-state index in [2.05, 4.69) is 12.1 Å². The number of piperidine rings is 3. The molecule has 3 heteroatoms. The van der Waals surface area contributed by atoms with Crippen LogP contribution in [0.25, 0.3) is 0 Å². The van der Waals surface area contributed by atoms with Crippen LogP contribution in [0.1, 0.15) is 24.0 Å². The van der Waals surface area contributed by atoms with E-state index < -0.39 is 5.60 Å². The van der Waals surface area contributed by atoms with Gasteiger partial charge >= 0.3 is 0 Å². The summed E-state index contributed by atoms with van der Waals surface area (Å²) in [6.07, 6.45) is 2.45. The lowest BCUT2D eigenvalue weighted by atomic mass is 9.65. The second-order valence-corrected chi connectivity index (χ2v) is 7.47. The molecule has 0 aliphatic carbocycles. The lowest BCUT2D eigenvalue weighted by Crippen LogP contribution is -3.16. The van der Waals surface area contributed by atoms with E-state index in [0.717, 1.165) is 17.7 Å². The molecule has 2 aromatic carbocycles. The Balaban J connectivity index is 1.82. The molecule has 2 N–H and O–H groups in total. The summed E-state index contributed by atoms with van der Waals surface area (Å²) < 4.78 is 0. The van der Waals surface area contributed by atoms with Crippen LogP contribution in [0, 0.1) is 11.8 Å². The second kappa shape index (κ2) is 5.94. The zero-order valence-corrected chi connectivity index (χ0v) is 14.0. The molecule has 0 amide bonds. The predicted molar refractivity (Wildman–Crippen MR) is 92.7 cm³/mol. The SMILES string of the molecule is O[C@](c1ccccc1)(c1ccc(Cl)cc1)[C@@H]1C[NH+]2CCC1CC2. The molecule has 3 aliphatic heterocycles. The van der Waals surface area contributed by atoms with Gasteiger partial charge in [-0.05, 0) is 29.2 Å². The van der Waals surface area contributed by atoms with Crippen molar-refractivity contribution in [1.29, 1.82) is 0 Å². The number of halogens is 1. The first kappa shape index (κ1) is 15.2. The summed E-state index contributed by atoms with van der Waals surface area (Å²) in [5.74, 6) is 0.872. The van der Waals surface area contributed by atoms with E-state index in [0.29, 0.717) is 10.9 Å². The highest BCUT2D eigenvalue weighted by Gasteiger charge is 2.50. The number of benzene rings is 2. The van der Waals surface area contributed by atoms with Crippen molar-refractivity contribution in [3.05, 3.63) is 70.7 Å². The van der Waals surface area contributed by atoms with Crippen molar-refractivity contribution in [2.24, 2.45) is 11.8 Å². The van der Waals surface area contributed by atoms with Crippen molar-refractivity contribution in [1.82, 2.24) is 0 Å². The predicted octanol–water partition coefficient (Wildman–Crippen LogP) is 2.50. The Bertz CT molecular complexity index is 664. The van der Waals surface area contributed by atoms with Crippen LogP contribution in [0.2, 0.25) is 5.02 Å². The molecule has 3 aliphatic rings. The minimum Gasteiger partial charge on any atom is -0.380 e. The van der Waals surface area contributed by atoms with Gasteiger partial charge in [-0.2, -0.15) is 0 Å². The van der Waals surface area contributed by atoms with E-state index in [1.807, 2.05) is 42.5 Å². The van der Waals surface area contributed by atoms with Gasteiger partial charge in [0.05, 0.1) is 19.6 Å². The van der Waals surface area contributed by atoms with Gasteiger partial charge in [-0.15, -0.1) is 0 Å². The fourth-order valence-corrected chi connectivity index (χ4v) is 4.74. The maximum absolute atomic E-state index is 11.9. The molecule has 2 atom stereocenters. The van der Waals surface area contributed by atoms with Crippen molar-refractivity contribution in [2.45, 2.75) is 18.4 Å². The van der Waals surface area contributed by atoms with Crippen molar-refractivity contribution in [2.75, 3.05) is 19.6 Å². The Morgan fingerprint density at radius 3 is 2.09 bits per heavy atom. The summed E-state index contributed by atoms with van der Waals surface area (Å²) in [7, 11) is 0. The van der Waals surface area contributed by atoms with E-state index in [-0.39, 0.29) is 5.92 Å². The van der Waals surface area contributed by atoms with Gasteiger partial charge in [-0.3, -0.25) is 0 Å². The van der Waals surface area contributed by atoms with Crippen molar-refractivity contribution < 1.29 is 10.0 Å². The summed E-state index contributed by atoms with van der Waals surface area (Å²) in [5, 5.41) is 12.6. The van der Waals surface area contributed by atoms with Gasteiger partial charge in [-0.1, -0.05) is 54.1 Å². The Kier molecular flexibility index (Phi) is 3.92. The standard InChI is InChI=1S/C20H22ClNO/c21-18-8-6-17(7-9-18)20(23,16-4-2-1-3-5-16)19-14-22-12-10-15(19)11-13-22/h1-9,15,19,23H,10-14H2/p+1/t19-,20-/m1/s1. The average molecular weight is 329 g/mol. The summed E-state index contributed by atoms with van der Waals surface area (Å²) in [6.45, 7) is 3.57. The molecule has 2 bridgehead atoms. The third-order valence-electron chi connectivity index (χ3n) is 5.85. The largest absolute Gasteiger partial charge is 0.380 e. The van der Waals surface area contributed by atoms with E-state index in [1.165, 1.54) is 25.9 Å². The Hall–Kier alpha value is -1.35. The topological polar surface area (TPSA) is 24.7 Å². The molecule has 3 fully saturated rings. The van der Waals surface area contributed by atoms with Crippen LogP contribution >= 0.6 is 11.6 Å². The van der Waals surface area contributed by atoms with Crippen molar-refractivity contribution >= 4 is 11.6 Å². The number of quaternary nitrogens is 1. The number of aliphatic hydroxyl groups is 1. The molecule has 0 spiro atoms. The third-order valence-corrected chi connectivity index (χ3v) is 6.10. The number of hydrogen-bond acceptors (Lipinski definition) is 1. The molecule has 0 unspecified atom stereocenters. The van der Waals surface area contributed by atoms with Crippen LogP contribution in [0.4, 0.5) is 0 Å². The highest BCUT2D eigenvalue weighted by molar-refractivity contribution is 6.30. The van der Waals surface area contributed by atoms with Crippen molar-refractivity contribution in [3.63, 3.8) is 0 Å². The molecule has 23 heavy (non-hydrogen) atoms. The molecule has 0 radical (unpaired) electrons. The van der Waals surface area contributed by atoms with E-state index in [1.54, 1.807) is 4.90 Å². The molecule has 5 rings (SSSR count). The first-order valence-corrected chi connectivity index (χ1v) is 8.93. The van der Waals surface area contributed by atoms with E-state index in [9.17, 15) is 5.11 Å². The molecule has 2 nitrogen and oxygen atoms in total. The number of rotatable bonds is 3. The monoisotopic (exact) mass is 328 g/mol. The van der Waals surface area contributed by atoms with Gasteiger partial charge in [0.25, 0.3) is 0 Å². The minimum atomic E-state index is -0.928. The van der Waals surface area contributed by atoms with Gasteiger partial charge in [0.2, 0.25) is 0 Å². The zero-order valence-electron chi connectivity index (χ0n) is 13.2. The first-order valence-electron chi connectivity index (χ1n) is 8.55. The van der Waals surface area contributed by atoms with Gasteiger partial charge in [0, 0.05) is 23.8 Å². The van der Waals surface area contributed by atoms with Gasteiger partial charge in [0.1, 0.15) is 5.60 Å². The molecule has 3 heterocycles. The van der Waals surface area contributed by atoms with Crippen LogP contribution < -0.4 is 4.90 Å². The zero-order chi connectivity index (χ0) is 15.9. The molecule has 120 valence electrons. The van der Waals surface area contributed by atoms with Crippen LogP contribution in [0.3, 0.4) is 0 Å². The van der Waals surface area contributed by atoms with E-state index >= 15 is 0 Å². The quantitative estimate of drug-likeness (QED) is 0.889. The smallest absolute Gasteiger partial charge is 0.123 e. The fourth-order valence-electron chi connectivity index (χ4n) is 4.61. The molecular weight excluding hydrogens is 306 g/mol. The van der Waals surface area contributed by atoms with Crippen LogP contribution in [-0.4, -0.2) is 24.7 Å². The summed E-state index contributed by atoms with van der Waals surface area (Å²) in [6, 6.07) is 17.9. The molecule has 2 aromatic rings. The third kappa shape index (κ3) is 2.59. The van der Waals surface area contributed by atoms with Crippen LogP contribution in [0.15, 0.2) is 54.6 Å². The number of hydrogen-bond donors (Lipinski definition) is 2. The normalized spacial score (nSPS) is 29.2. The van der Waals surface area contributed by atoms with Crippen LogP contribution in [-0.2, 0) is 5.60 Å². The molecule has 3 saturated heterocycles. The van der Waals surface area contributed by atoms with Gasteiger partial charge in [-0.25, -0.2) is 0 Å². The Morgan fingerprint density at radius 2 is 1.52 bits per heavy atom. The molecule has 0 aromatic heterocycles. The summed E-state index contributed by atoms with van der Waals surface area (Å²) in [5.41, 5.74) is 1.04. The summed E-state index contributed by atoms with van der Waals surface area (Å²) >= 11 is 6.07. The maximum Gasteiger partial charge on any atom is 0.123 e. The first-order chi connectivity index (χ1) is 11.2. The fraction of sp³-hybridized carbons (Fsp3) is 0.400. The Labute approximate surface area is 142 Å². The number of fused-ring (bicyclic) bond motifs is 3. The highest BCUT2D eigenvalue weighted by atomic mass is 35.5. The highest BCUT2D eigenvalue weighted by Crippen LogP contribution is 2.43. The second-order valence-electron chi connectivity index (χ2n) is 7.04. The van der Waals surface area contributed by atoms with Gasteiger partial charge < -0.3 is 10.0 Å². The lowest BCUT2D eigenvalue weighted by molar-refractivity contribution is -0.922. The minimum absolute atomic E-state index is 0.267. The Morgan fingerprint density at radius 1 is 0.913 bits per heavy atom. The van der Waals surface area contributed by atoms with Crippen molar-refractivity contribution in [3.8, 4) is 0 Å². The van der Waals surface area contributed by atoms with Gasteiger partial charge in [0.15, 0.2) is 0 Å². The number of nitrogens with one attached hydrogen (secondary N) is 1. The molecular formula is C20H23ClNO+. The summed E-state index contributed by atoms with van der Waals surface area (Å²) in [4.78, 5) is 1.64. The average Bonchev–Trinajstić information content (AvgIpc) is 2.63.